The van der Waals surface area contributed by atoms with Crippen LogP contribution in [-0.2, 0) is 55.6 Å². The van der Waals surface area contributed by atoms with Gasteiger partial charge in [0.25, 0.3) is 5.60 Å². The van der Waals surface area contributed by atoms with Crippen molar-refractivity contribution in [3.05, 3.63) is 0 Å². The van der Waals surface area contributed by atoms with Crippen molar-refractivity contribution in [2.45, 2.75) is 406 Å². The van der Waals surface area contributed by atoms with Crippen molar-refractivity contribution in [1.29, 1.82) is 0 Å². The molecule has 35 heteroatoms. The Balaban J connectivity index is 0.000000824. The molecule has 0 amide bonds. The topological polar surface area (TPSA) is 128 Å². The van der Waals surface area contributed by atoms with Gasteiger partial charge in [0.15, 0.2) is 45.0 Å². The summed E-state index contributed by atoms with van der Waals surface area (Å²) < 4.78 is 305. The molecule has 0 aromatic rings. The van der Waals surface area contributed by atoms with E-state index in [1.54, 1.807) is 42.3 Å². The Morgan fingerprint density at radius 3 is 0.794 bits per heavy atom. The minimum atomic E-state index is -5.79. The lowest BCUT2D eigenvalue weighted by molar-refractivity contribution is -0.398. The molecule has 0 radical (unpaired) electrons. The van der Waals surface area contributed by atoms with E-state index in [1.807, 2.05) is 0 Å². The average Bonchev–Trinajstić information content (AvgIpc) is 1.55. The van der Waals surface area contributed by atoms with Crippen molar-refractivity contribution in [3.63, 3.8) is 0 Å². The van der Waals surface area contributed by atoms with Crippen LogP contribution in [0.5, 0.6) is 0 Å². The number of carbonyl (C=O) groups excluding carboxylic acids is 1. The Kier molecular flexibility index (Phi) is 49.6. The van der Waals surface area contributed by atoms with Crippen molar-refractivity contribution < 1.29 is 139 Å². The zero-order chi connectivity index (χ0) is 96.0. The van der Waals surface area contributed by atoms with Gasteiger partial charge in [0.2, 0.25) is 0 Å². The second-order valence-corrected chi connectivity index (χ2v) is 64.5. The predicted octanol–water partition coefficient (Wildman–Crippen LogP) is 32.7. The fraction of sp³-hybridized carbons (Fsp3) is 0.990. The number of ether oxygens (including phenoxy) is 8. The van der Waals surface area contributed by atoms with Crippen LogP contribution in [0.2, 0.25) is 78.6 Å². The van der Waals surface area contributed by atoms with Gasteiger partial charge in [-0.15, -0.1) is 0 Å². The van der Waals surface area contributed by atoms with Gasteiger partial charge in [-0.2, -0.15) is 79.0 Å². The molecule has 0 heterocycles. The van der Waals surface area contributed by atoms with E-state index in [1.165, 1.54) is 92.4 Å². The third-order valence-electron chi connectivity index (χ3n) is 33.5. The van der Waals surface area contributed by atoms with Crippen molar-refractivity contribution in [1.82, 2.24) is 0 Å². The van der Waals surface area contributed by atoms with Crippen molar-refractivity contribution >= 4 is 39.4 Å². The monoisotopic (exact) mass is 2070 g/mol. The number of rotatable bonds is 25. The first-order valence-corrected chi connectivity index (χ1v) is 61.6. The molecule has 16 rings (SSSR count). The molecule has 0 aromatic carbocycles. The summed E-state index contributed by atoms with van der Waals surface area (Å²) in [5.74, 6) is 12.1. The molecule has 30 atom stereocenters. The second kappa shape index (κ2) is 50.9. The molecule has 0 N–H and O–H groups in total. The fourth-order valence-corrected chi connectivity index (χ4v) is 28.1. The van der Waals surface area contributed by atoms with Gasteiger partial charge in [0.1, 0.15) is 26.0 Å². The third kappa shape index (κ3) is 31.1. The normalized spacial score (nSPS) is 34.4. The Bertz CT molecular complexity index is 3370. The van der Waals surface area contributed by atoms with E-state index in [9.17, 15) is 83.8 Å². The zero-order valence-electron chi connectivity index (χ0n) is 80.6. The molecular formula is C101H190F18O13Si4. The highest BCUT2D eigenvalue weighted by Crippen LogP contribution is 2.75. The minimum absolute atomic E-state index is 0. The highest BCUT2D eigenvalue weighted by atomic mass is 28.4. The Morgan fingerprint density at radius 2 is 0.544 bits per heavy atom. The van der Waals surface area contributed by atoms with Gasteiger partial charge < -0.3 is 55.6 Å². The number of carbonyl (C=O) groups is 1. The van der Waals surface area contributed by atoms with Crippen LogP contribution in [0.25, 0.3) is 0 Å². The smallest absolute Gasteiger partial charge is 0.429 e. The van der Waals surface area contributed by atoms with E-state index >= 15 is 0 Å². The summed E-state index contributed by atoms with van der Waals surface area (Å²) in [5, 5.41) is 0. The largest absolute Gasteiger partial charge is 0.510 e. The quantitative estimate of drug-likeness (QED) is 0.0215. The van der Waals surface area contributed by atoms with E-state index in [0.717, 1.165) is 98.7 Å². The SMILES string of the molecule is C.C.C.C.C.C.C.C.CC(C)(C)OC(=O)OC(CC1CC2CC1C1C3CCC(C3)C21)(C(F)(F)F)C(F)(F)F.CCOCOC(C)(CC1CC2CC1C1C3CCC(C3)C21)C(F)(F)F.CCOCOC(CC1CC2CC1C1C3CCC(C3)C21)(C(F)(F)F)C(F)(F)F.CCOCOC(CC1CC2CC1C1C3CCC(C3)C21)C(F)(F)F.CO[Si](C)(C)C.CO[Si](C)(C)C.CO[Si](C)(C)C.CO[Si](C)(C)C. The first-order chi connectivity index (χ1) is 58.8. The summed E-state index contributed by atoms with van der Waals surface area (Å²) in [6.07, 6.45) is -15.6. The average molecular weight is 2070 g/mol. The first kappa shape index (κ1) is 132. The molecule has 16 aliphatic carbocycles. The fourth-order valence-electron chi connectivity index (χ4n) is 28.1. The molecule has 16 bridgehead atoms. The zero-order valence-corrected chi connectivity index (χ0v) is 84.6. The van der Waals surface area contributed by atoms with Gasteiger partial charge in [-0.05, 0) is 440 Å². The van der Waals surface area contributed by atoms with E-state index in [2.05, 4.69) is 92.8 Å². The molecule has 136 heavy (non-hydrogen) atoms. The maximum absolute atomic E-state index is 13.9. The minimum Gasteiger partial charge on any atom is -0.429 e. The molecule has 0 saturated heterocycles. The van der Waals surface area contributed by atoms with Crippen LogP contribution in [0.1, 0.15) is 262 Å². The molecular weight excluding hydrogens is 1880 g/mol. The van der Waals surface area contributed by atoms with Gasteiger partial charge in [-0.3, -0.25) is 0 Å². The van der Waals surface area contributed by atoms with E-state index in [-0.39, 0.29) is 128 Å². The molecule has 0 spiro atoms. The molecule has 16 fully saturated rings. The predicted molar refractivity (Wildman–Crippen MR) is 518 cm³/mol. The lowest BCUT2D eigenvalue weighted by Crippen LogP contribution is -2.61. The number of hydrogen-bond donors (Lipinski definition) is 0. The van der Waals surface area contributed by atoms with Crippen LogP contribution in [0.15, 0.2) is 0 Å². The highest BCUT2D eigenvalue weighted by Gasteiger charge is 2.78. The molecule has 13 nitrogen and oxygen atoms in total. The van der Waals surface area contributed by atoms with Gasteiger partial charge >= 0.3 is 48.8 Å². The summed E-state index contributed by atoms with van der Waals surface area (Å²) >= 11 is 0. The molecule has 814 valence electrons. The van der Waals surface area contributed by atoms with Crippen LogP contribution in [-0.4, -0.2) is 174 Å². The number of fused-ring (bicyclic) bond motifs is 36. The van der Waals surface area contributed by atoms with Crippen LogP contribution in [0.3, 0.4) is 0 Å². The van der Waals surface area contributed by atoms with Crippen LogP contribution < -0.4 is 0 Å². The van der Waals surface area contributed by atoms with E-state index in [0.29, 0.717) is 103 Å². The summed E-state index contributed by atoms with van der Waals surface area (Å²) in [7, 11) is 2.56. The van der Waals surface area contributed by atoms with Crippen LogP contribution >= 0.6 is 0 Å². The van der Waals surface area contributed by atoms with E-state index < -0.39 is 136 Å². The van der Waals surface area contributed by atoms with Crippen LogP contribution in [0, 0.1) is 166 Å². The van der Waals surface area contributed by atoms with Crippen LogP contribution in [0.4, 0.5) is 83.8 Å². The standard InChI is InChI=1S/C21H28F6O3.C19H26F6O2.C19H29F3O2.C18H27F3O2.4C4H12OSi.8CH4/c1-18(2,3)29-17(28)30-19(20(22,23)24,21(25,26)27)9-13-7-12-8-14(13)16-11-5-4-10(6-11)15(12)16;1-2-26-9-27-17(18(20,21)22,19(23,24)25)8-13-6-12-7-14(13)16-11-4-3-10(5-11)15(12)16;1-3-23-10-24-18(2,19(20,21)22)9-14-7-13-8-15(14)17-12-5-4-11(6-12)16(13)17;1-2-22-9-23-15(18(19,20)21)8-12-6-13-7-14(12)17-11-4-3-10(5-11)16(13)17;4*1-5-6(2,3)4;;;;;;;;/h10-16H,4-9H2,1-3H3;10-16H,2-9H2,1H3;11-17H,3-10H2,1-2H3;10-17H,2-9H2,1H3;4*1-4H3;8*1H4. The van der Waals surface area contributed by atoms with Gasteiger partial charge in [-0.25, -0.2) is 4.79 Å². The highest BCUT2D eigenvalue weighted by molar-refractivity contribution is 6.70. The first-order valence-electron chi connectivity index (χ1n) is 47.9. The maximum Gasteiger partial charge on any atom is 0.510 e. The molecule has 0 aromatic heterocycles. The lowest BCUT2D eigenvalue weighted by atomic mass is 9.65. The number of alkyl halides is 18. The Morgan fingerprint density at radius 1 is 0.301 bits per heavy atom. The molecule has 30 unspecified atom stereocenters. The summed E-state index contributed by atoms with van der Waals surface area (Å²) in [6.45, 7) is 35.4. The molecule has 0 aliphatic heterocycles. The molecule has 16 saturated carbocycles. The number of hydrogen-bond acceptors (Lipinski definition) is 13. The third-order valence-corrected chi connectivity index (χ3v) is 38.4. The molecule has 16 aliphatic rings. The Labute approximate surface area is 815 Å². The lowest BCUT2D eigenvalue weighted by Gasteiger charge is -2.43. The van der Waals surface area contributed by atoms with Gasteiger partial charge in [0, 0.05) is 54.7 Å². The van der Waals surface area contributed by atoms with Crippen molar-refractivity contribution in [2.24, 2.45) is 166 Å². The van der Waals surface area contributed by atoms with Crippen molar-refractivity contribution in [3.8, 4) is 0 Å². The van der Waals surface area contributed by atoms with Gasteiger partial charge in [-0.1, -0.05) is 59.4 Å². The summed E-state index contributed by atoms with van der Waals surface area (Å²) in [6, 6.07) is 0. The summed E-state index contributed by atoms with van der Waals surface area (Å²) in [5.41, 5.74) is -12.0. The second-order valence-electron chi connectivity index (χ2n) is 45.9. The Hall–Kier alpha value is -1.52. The van der Waals surface area contributed by atoms with E-state index in [4.69, 9.17) is 41.4 Å². The maximum atomic E-state index is 13.9. The summed E-state index contributed by atoms with van der Waals surface area (Å²) in [4.78, 5) is 11.9. The van der Waals surface area contributed by atoms with Crippen molar-refractivity contribution in [2.75, 3.05) is 68.6 Å². The van der Waals surface area contributed by atoms with Gasteiger partial charge in [0.05, 0.1) is 0 Å². The number of halogens is 18.